The summed E-state index contributed by atoms with van der Waals surface area (Å²) in [5.74, 6) is 1.53. The van der Waals surface area contributed by atoms with E-state index in [-0.39, 0.29) is 5.92 Å². The summed E-state index contributed by atoms with van der Waals surface area (Å²) < 4.78 is 0. The topological polar surface area (TPSA) is 23.8 Å². The number of hydrogen-bond donors (Lipinski definition) is 0. The summed E-state index contributed by atoms with van der Waals surface area (Å²) in [4.78, 5) is 0. The van der Waals surface area contributed by atoms with Crippen LogP contribution in [0.2, 0.25) is 0 Å². The molecule has 84 valence electrons. The van der Waals surface area contributed by atoms with E-state index in [1.54, 1.807) is 0 Å². The van der Waals surface area contributed by atoms with Crippen molar-refractivity contribution >= 4 is 0 Å². The molecule has 0 aliphatic heterocycles. The van der Waals surface area contributed by atoms with Crippen LogP contribution in [0.1, 0.15) is 40.5 Å². The Hall–Kier alpha value is -1.03. The van der Waals surface area contributed by atoms with Gasteiger partial charge in [0.1, 0.15) is 0 Å². The zero-order valence-electron chi connectivity index (χ0n) is 10.4. The van der Waals surface area contributed by atoms with Crippen LogP contribution >= 0.6 is 0 Å². The molecule has 0 amide bonds. The molecule has 1 nitrogen and oxygen atoms in total. The molecule has 0 saturated carbocycles. The van der Waals surface area contributed by atoms with Crippen LogP contribution in [0.15, 0.2) is 24.3 Å². The van der Waals surface area contributed by atoms with Crippen LogP contribution in [0.5, 0.6) is 0 Å². The molecular weight excluding hydrogens is 182 g/mol. The highest BCUT2D eigenvalue weighted by Gasteiger charge is 1.99. The van der Waals surface area contributed by atoms with Gasteiger partial charge in [0.05, 0.1) is 6.07 Å². The van der Waals surface area contributed by atoms with Crippen LogP contribution in [-0.2, 0) is 0 Å². The Morgan fingerprint density at radius 2 is 1.80 bits per heavy atom. The molecule has 0 aliphatic carbocycles. The largest absolute Gasteiger partial charge is 0.198 e. The van der Waals surface area contributed by atoms with Gasteiger partial charge in [0, 0.05) is 5.92 Å². The van der Waals surface area contributed by atoms with E-state index in [2.05, 4.69) is 45.1 Å². The summed E-state index contributed by atoms with van der Waals surface area (Å²) in [5, 5.41) is 8.58. The summed E-state index contributed by atoms with van der Waals surface area (Å²) in [6.07, 6.45) is 10.5. The molecule has 0 radical (unpaired) electrons. The molecule has 2 atom stereocenters. The fourth-order valence-corrected chi connectivity index (χ4v) is 1.49. The van der Waals surface area contributed by atoms with E-state index in [4.69, 9.17) is 5.26 Å². The predicted molar refractivity (Wildman–Crippen MR) is 66.3 cm³/mol. The Balaban J connectivity index is 3.74. The first-order chi connectivity index (χ1) is 7.06. The number of nitrogens with zero attached hydrogens (tertiary/aromatic N) is 1. The van der Waals surface area contributed by atoms with Crippen molar-refractivity contribution in [3.63, 3.8) is 0 Å². The Bertz CT molecular complexity index is 243. The van der Waals surface area contributed by atoms with Gasteiger partial charge >= 0.3 is 0 Å². The highest BCUT2D eigenvalue weighted by molar-refractivity contribution is 5.05. The summed E-state index contributed by atoms with van der Waals surface area (Å²) >= 11 is 0. The lowest BCUT2D eigenvalue weighted by molar-refractivity contribution is 0.503. The van der Waals surface area contributed by atoms with Gasteiger partial charge in [0.15, 0.2) is 0 Å². The molecule has 0 aromatic heterocycles. The normalized spacial score (nSPS) is 16.0. The third-order valence-corrected chi connectivity index (χ3v) is 2.24. The minimum Gasteiger partial charge on any atom is -0.198 e. The molecule has 0 bridgehead atoms. The molecule has 0 saturated heterocycles. The van der Waals surface area contributed by atoms with Crippen molar-refractivity contribution in [3.05, 3.63) is 24.3 Å². The third kappa shape index (κ3) is 9.28. The van der Waals surface area contributed by atoms with Crippen molar-refractivity contribution in [2.75, 3.05) is 0 Å². The second kappa shape index (κ2) is 8.29. The zero-order valence-corrected chi connectivity index (χ0v) is 10.4. The Morgan fingerprint density at radius 3 is 2.33 bits per heavy atom. The molecule has 0 rings (SSSR count). The monoisotopic (exact) mass is 205 g/mol. The van der Waals surface area contributed by atoms with Crippen molar-refractivity contribution in [3.8, 4) is 6.07 Å². The highest BCUT2D eigenvalue weighted by atomic mass is 14.2. The van der Waals surface area contributed by atoms with Crippen LogP contribution < -0.4 is 0 Å². The molecule has 2 unspecified atom stereocenters. The summed E-state index contributed by atoms with van der Waals surface area (Å²) in [6, 6.07) is 2.22. The molecule has 1 heteroatoms. The first kappa shape index (κ1) is 14.0. The number of rotatable bonds is 6. The maximum absolute atomic E-state index is 8.58. The molecule has 0 aromatic rings. The van der Waals surface area contributed by atoms with E-state index in [0.717, 1.165) is 12.3 Å². The quantitative estimate of drug-likeness (QED) is 0.592. The van der Waals surface area contributed by atoms with Crippen molar-refractivity contribution in [1.29, 1.82) is 5.26 Å². The summed E-state index contributed by atoms with van der Waals surface area (Å²) in [5.41, 5.74) is 0. The van der Waals surface area contributed by atoms with E-state index in [1.807, 2.05) is 13.0 Å². The predicted octanol–water partition coefficient (Wildman–Crippen LogP) is 4.33. The molecule has 0 spiro atoms. The summed E-state index contributed by atoms with van der Waals surface area (Å²) in [6.45, 7) is 8.67. The van der Waals surface area contributed by atoms with Gasteiger partial charge < -0.3 is 0 Å². The van der Waals surface area contributed by atoms with Gasteiger partial charge in [-0.05, 0) is 31.6 Å². The van der Waals surface area contributed by atoms with Gasteiger partial charge in [-0.3, -0.25) is 0 Å². The summed E-state index contributed by atoms with van der Waals surface area (Å²) in [7, 11) is 0. The minimum absolute atomic E-state index is 0.128. The van der Waals surface area contributed by atoms with E-state index in [9.17, 15) is 0 Å². The van der Waals surface area contributed by atoms with Crippen LogP contribution in [0, 0.1) is 29.1 Å². The fraction of sp³-hybridized carbons (Fsp3) is 0.643. The van der Waals surface area contributed by atoms with Gasteiger partial charge in [0.2, 0.25) is 0 Å². The standard InChI is InChI=1S/C14H23N/c1-12(2)10-13(3)8-6-5-7-9-14(4)11-15/h5-8,12-14H,9-10H2,1-4H3. The van der Waals surface area contributed by atoms with Gasteiger partial charge in [-0.15, -0.1) is 0 Å². The third-order valence-electron chi connectivity index (χ3n) is 2.24. The van der Waals surface area contributed by atoms with E-state index < -0.39 is 0 Å². The first-order valence-electron chi connectivity index (χ1n) is 5.79. The molecule has 0 aliphatic rings. The lowest BCUT2D eigenvalue weighted by atomic mass is 9.98. The average molecular weight is 205 g/mol. The van der Waals surface area contributed by atoms with Crippen LogP contribution in [0.25, 0.3) is 0 Å². The SMILES string of the molecule is CC(C)CC(C)C=CC=CCC(C)C#N. The maximum Gasteiger partial charge on any atom is 0.0656 e. The van der Waals surface area contributed by atoms with E-state index in [0.29, 0.717) is 5.92 Å². The number of allylic oxidation sites excluding steroid dienone is 4. The van der Waals surface area contributed by atoms with Gasteiger partial charge in [-0.25, -0.2) is 0 Å². The van der Waals surface area contributed by atoms with E-state index in [1.165, 1.54) is 6.42 Å². The van der Waals surface area contributed by atoms with Crippen LogP contribution in [0.3, 0.4) is 0 Å². The van der Waals surface area contributed by atoms with Crippen molar-refractivity contribution < 1.29 is 0 Å². The highest BCUT2D eigenvalue weighted by Crippen LogP contribution is 2.11. The van der Waals surface area contributed by atoms with Gasteiger partial charge in [0.25, 0.3) is 0 Å². The van der Waals surface area contributed by atoms with Crippen LogP contribution in [-0.4, -0.2) is 0 Å². The van der Waals surface area contributed by atoms with Gasteiger partial charge in [-0.1, -0.05) is 45.1 Å². The first-order valence-corrected chi connectivity index (χ1v) is 5.79. The molecular formula is C14H23N. The van der Waals surface area contributed by atoms with Gasteiger partial charge in [-0.2, -0.15) is 5.26 Å². The minimum atomic E-state index is 0.128. The molecule has 15 heavy (non-hydrogen) atoms. The van der Waals surface area contributed by atoms with Crippen molar-refractivity contribution in [2.45, 2.75) is 40.5 Å². The van der Waals surface area contributed by atoms with E-state index >= 15 is 0 Å². The fourth-order valence-electron chi connectivity index (χ4n) is 1.49. The average Bonchev–Trinajstić information content (AvgIpc) is 2.15. The molecule has 0 heterocycles. The lowest BCUT2D eigenvalue weighted by Gasteiger charge is -2.07. The van der Waals surface area contributed by atoms with Crippen molar-refractivity contribution in [1.82, 2.24) is 0 Å². The molecule has 0 N–H and O–H groups in total. The Morgan fingerprint density at radius 1 is 1.13 bits per heavy atom. The number of nitriles is 1. The second-order valence-corrected chi connectivity index (χ2v) is 4.69. The lowest BCUT2D eigenvalue weighted by Crippen LogP contribution is -1.95. The molecule has 0 fully saturated rings. The Kier molecular flexibility index (Phi) is 7.72. The Labute approximate surface area is 94.5 Å². The molecule has 0 aromatic carbocycles. The zero-order chi connectivity index (χ0) is 11.7. The maximum atomic E-state index is 8.58. The van der Waals surface area contributed by atoms with Crippen molar-refractivity contribution in [2.24, 2.45) is 17.8 Å². The number of hydrogen-bond acceptors (Lipinski definition) is 1. The second-order valence-electron chi connectivity index (χ2n) is 4.69. The smallest absolute Gasteiger partial charge is 0.0656 e. The van der Waals surface area contributed by atoms with Crippen LogP contribution in [0.4, 0.5) is 0 Å².